The van der Waals surface area contributed by atoms with Crippen LogP contribution >= 0.6 is 0 Å². The molecule has 1 unspecified atom stereocenters. The minimum atomic E-state index is -0.250. The Morgan fingerprint density at radius 1 is 1.43 bits per heavy atom. The molecule has 5 heteroatoms. The van der Waals surface area contributed by atoms with Gasteiger partial charge in [-0.1, -0.05) is 26.2 Å². The van der Waals surface area contributed by atoms with Crippen LogP contribution in [0.3, 0.4) is 0 Å². The molecule has 5 nitrogen and oxygen atoms in total. The molecular weight excluding hydrogens is 186 g/mol. The second kappa shape index (κ2) is 14.4. The molecule has 0 aliphatic heterocycles. The lowest BCUT2D eigenvalue weighted by atomic mass is 10.1. The Bertz CT molecular complexity index is 130. The molecule has 0 aromatic rings. The van der Waals surface area contributed by atoms with Crippen LogP contribution in [0, 0.1) is 4.91 Å². The minimum Gasteiger partial charge on any atom is -0.483 e. The van der Waals surface area contributed by atoms with Crippen molar-refractivity contribution in [1.82, 2.24) is 0 Å². The Balaban J connectivity index is 0. The summed E-state index contributed by atoms with van der Waals surface area (Å²) < 4.78 is 0. The van der Waals surface area contributed by atoms with E-state index in [1.165, 1.54) is 19.3 Å². The molecule has 84 valence electrons. The minimum absolute atomic E-state index is 0.00986. The monoisotopic (exact) mass is 205 g/mol. The molecule has 0 spiro atoms. The van der Waals surface area contributed by atoms with E-state index in [0.717, 1.165) is 12.8 Å². The van der Waals surface area contributed by atoms with E-state index in [0.29, 0.717) is 0 Å². The highest BCUT2D eigenvalue weighted by atomic mass is 16.7. The smallest absolute Gasteiger partial charge is 0.290 e. The average molecular weight is 205 g/mol. The quantitative estimate of drug-likeness (QED) is 0.300. The number of nitrogens with zero attached hydrogens (tertiary/aromatic N) is 1. The van der Waals surface area contributed by atoms with Crippen molar-refractivity contribution in [3.63, 3.8) is 0 Å². The maximum Gasteiger partial charge on any atom is 0.290 e. The second-order valence-corrected chi connectivity index (χ2v) is 2.95. The third-order valence-corrected chi connectivity index (χ3v) is 1.69. The van der Waals surface area contributed by atoms with Crippen molar-refractivity contribution in [3.8, 4) is 0 Å². The molecule has 0 fully saturated rings. The lowest BCUT2D eigenvalue weighted by molar-refractivity contribution is -0.122. The lowest BCUT2D eigenvalue weighted by Gasteiger charge is -2.05. The normalized spacial score (nSPS) is 10.7. The first-order valence-corrected chi connectivity index (χ1v) is 4.79. The van der Waals surface area contributed by atoms with Crippen LogP contribution in [0.1, 0.15) is 46.0 Å². The fourth-order valence-corrected chi connectivity index (χ4v) is 0.985. The van der Waals surface area contributed by atoms with Crippen molar-refractivity contribution in [2.45, 2.75) is 52.1 Å². The summed E-state index contributed by atoms with van der Waals surface area (Å²) in [4.78, 5) is 22.5. The molecule has 0 aliphatic rings. The van der Waals surface area contributed by atoms with Crippen LogP contribution in [-0.4, -0.2) is 17.7 Å². The van der Waals surface area contributed by atoms with E-state index in [-0.39, 0.29) is 12.6 Å². The van der Waals surface area contributed by atoms with Gasteiger partial charge in [0.25, 0.3) is 6.47 Å². The largest absolute Gasteiger partial charge is 0.483 e. The van der Waals surface area contributed by atoms with Crippen molar-refractivity contribution in [2.24, 2.45) is 5.34 Å². The Hall–Kier alpha value is -1.13. The summed E-state index contributed by atoms with van der Waals surface area (Å²) in [7, 11) is 0. The fourth-order valence-electron chi connectivity index (χ4n) is 0.985. The maximum atomic E-state index is 9.63. The Labute approximate surface area is 84.4 Å². The van der Waals surface area contributed by atoms with E-state index in [1.807, 2.05) is 6.92 Å². The van der Waals surface area contributed by atoms with Crippen molar-refractivity contribution >= 4 is 6.47 Å². The van der Waals surface area contributed by atoms with Gasteiger partial charge in [0, 0.05) is 0 Å². The first-order chi connectivity index (χ1) is 6.72. The topological polar surface area (TPSA) is 76.0 Å². The predicted octanol–water partition coefficient (Wildman–Crippen LogP) is 2.74. The molecule has 1 N–H and O–H groups in total. The molecule has 0 aromatic heterocycles. The highest BCUT2D eigenvalue weighted by Crippen LogP contribution is 2.07. The van der Waals surface area contributed by atoms with Crippen LogP contribution in [0.25, 0.3) is 0 Å². The number of unbranched alkanes of at least 4 members (excludes halogenated alkanes) is 3. The number of hydrogen-bond donors (Lipinski definition) is 1. The zero-order valence-corrected chi connectivity index (χ0v) is 8.81. The van der Waals surface area contributed by atoms with Gasteiger partial charge >= 0.3 is 0 Å². The Morgan fingerprint density at radius 3 is 2.43 bits per heavy atom. The van der Waals surface area contributed by atoms with Crippen molar-refractivity contribution in [3.05, 3.63) is 4.91 Å². The van der Waals surface area contributed by atoms with E-state index >= 15 is 0 Å². The summed E-state index contributed by atoms with van der Waals surface area (Å²) in [5, 5.41) is 9.27. The van der Waals surface area contributed by atoms with E-state index in [4.69, 9.17) is 9.90 Å². The predicted molar refractivity (Wildman–Crippen MR) is 53.8 cm³/mol. The van der Waals surface area contributed by atoms with Crippen LogP contribution < -0.4 is 0 Å². The van der Waals surface area contributed by atoms with E-state index in [1.54, 1.807) is 0 Å². The highest BCUT2D eigenvalue weighted by Gasteiger charge is 2.00. The molecular formula is C9H19NO4. The van der Waals surface area contributed by atoms with E-state index < -0.39 is 0 Å². The summed E-state index contributed by atoms with van der Waals surface area (Å²) in [5.41, 5.74) is 0. The molecule has 0 radical (unpaired) electrons. The van der Waals surface area contributed by atoms with Gasteiger partial charge in [-0.15, -0.1) is 4.91 Å². The van der Waals surface area contributed by atoms with Gasteiger partial charge in [0.15, 0.2) is 5.34 Å². The van der Waals surface area contributed by atoms with Crippen LogP contribution in [0.4, 0.5) is 0 Å². The van der Waals surface area contributed by atoms with Gasteiger partial charge < -0.3 is 9.94 Å². The first-order valence-electron chi connectivity index (χ1n) is 4.79. The number of carboxylic acid groups (broad SMARTS) is 1. The molecule has 0 rings (SSSR count). The molecule has 14 heavy (non-hydrogen) atoms. The molecule has 0 saturated carbocycles. The summed E-state index contributed by atoms with van der Waals surface area (Å²) >= 11 is 0. The summed E-state index contributed by atoms with van der Waals surface area (Å²) in [6, 6.07) is 0. The molecule has 0 aromatic carbocycles. The molecule has 0 aliphatic carbocycles. The van der Waals surface area contributed by atoms with Gasteiger partial charge in [-0.25, -0.2) is 0 Å². The van der Waals surface area contributed by atoms with Crippen molar-refractivity contribution < 1.29 is 14.7 Å². The zero-order chi connectivity index (χ0) is 11.2. The van der Waals surface area contributed by atoms with Gasteiger partial charge in [0.1, 0.15) is 6.10 Å². The number of rotatable bonds is 7. The first kappa shape index (κ1) is 15.3. The number of carbonyl (C=O) groups is 1. The van der Waals surface area contributed by atoms with Gasteiger partial charge in [-0.2, -0.15) is 0 Å². The molecule has 1 atom stereocenters. The Morgan fingerprint density at radius 2 is 2.00 bits per heavy atom. The van der Waals surface area contributed by atoms with Crippen molar-refractivity contribution in [1.29, 1.82) is 0 Å². The summed E-state index contributed by atoms with van der Waals surface area (Å²) in [5.74, 6) is 0. The van der Waals surface area contributed by atoms with E-state index in [9.17, 15) is 4.91 Å². The van der Waals surface area contributed by atoms with Crippen LogP contribution in [0.2, 0.25) is 0 Å². The Kier molecular flexibility index (Phi) is 15.8. The van der Waals surface area contributed by atoms with Gasteiger partial charge in [-0.3, -0.25) is 4.79 Å². The van der Waals surface area contributed by atoms with E-state index in [2.05, 4.69) is 17.1 Å². The van der Waals surface area contributed by atoms with Crippen LogP contribution in [-0.2, 0) is 9.63 Å². The van der Waals surface area contributed by atoms with Crippen LogP contribution in [0.15, 0.2) is 5.34 Å². The molecule has 0 saturated heterocycles. The van der Waals surface area contributed by atoms with Gasteiger partial charge in [0.2, 0.25) is 0 Å². The maximum absolute atomic E-state index is 9.63. The third-order valence-electron chi connectivity index (χ3n) is 1.69. The van der Waals surface area contributed by atoms with Gasteiger partial charge in [0.05, 0.1) is 0 Å². The van der Waals surface area contributed by atoms with Gasteiger partial charge in [-0.05, 0) is 19.8 Å². The summed E-state index contributed by atoms with van der Waals surface area (Å²) in [6.07, 6.45) is 5.78. The molecule has 0 bridgehead atoms. The third kappa shape index (κ3) is 17.1. The molecule has 0 amide bonds. The highest BCUT2D eigenvalue weighted by molar-refractivity contribution is 5.32. The average Bonchev–Trinajstić information content (AvgIpc) is 2.14. The molecule has 0 heterocycles. The summed E-state index contributed by atoms with van der Waals surface area (Å²) in [6.45, 7) is 3.79. The zero-order valence-electron chi connectivity index (χ0n) is 8.81. The van der Waals surface area contributed by atoms with Crippen LogP contribution in [0.5, 0.6) is 0 Å². The SMILES string of the molecule is CCCCCCC(C)ON=O.O=CO. The second-order valence-electron chi connectivity index (χ2n) is 2.95. The number of hydrogen-bond acceptors (Lipinski definition) is 4. The lowest BCUT2D eigenvalue weighted by Crippen LogP contribution is -2.02. The standard InChI is InChI=1S/C8H17NO2.CH2O2/c1-3-4-5-6-7-8(2)11-9-10;2-1-3/h8H,3-7H2,1-2H3;1H,(H,2,3). The fraction of sp³-hybridized carbons (Fsp3) is 0.889. The van der Waals surface area contributed by atoms with Crippen molar-refractivity contribution in [2.75, 3.05) is 0 Å².